The minimum atomic E-state index is -0.344. The number of hydrogen-bond acceptors (Lipinski definition) is 4. The highest BCUT2D eigenvalue weighted by Gasteiger charge is 2.33. The minimum absolute atomic E-state index is 0.00383. The highest BCUT2D eigenvalue weighted by atomic mass is 16.5. The number of fused-ring (bicyclic) bond motifs is 4. The number of pyridine rings is 1. The second kappa shape index (κ2) is 17.7. The van der Waals surface area contributed by atoms with Crippen LogP contribution in [0.1, 0.15) is 128 Å². The molecule has 9 aromatic rings. The van der Waals surface area contributed by atoms with E-state index in [0.29, 0.717) is 18.5 Å². The third-order valence-corrected chi connectivity index (χ3v) is 14.7. The zero-order chi connectivity index (χ0) is 49.3. The minimum Gasteiger partial charge on any atom is -0.457 e. The van der Waals surface area contributed by atoms with Gasteiger partial charge in [-0.2, -0.15) is 0 Å². The Morgan fingerprint density at radius 3 is 1.81 bits per heavy atom. The van der Waals surface area contributed by atoms with Gasteiger partial charge in [-0.3, -0.25) is 4.57 Å². The van der Waals surface area contributed by atoms with Gasteiger partial charge >= 0.3 is 0 Å². The molecule has 0 bridgehead atoms. The number of para-hydroxylation sites is 1. The van der Waals surface area contributed by atoms with Gasteiger partial charge in [0.05, 0.1) is 22.4 Å². The summed E-state index contributed by atoms with van der Waals surface area (Å²) in [5.41, 5.74) is 16.7. The summed E-state index contributed by atoms with van der Waals surface area (Å²) in [6.45, 7) is 28.2. The number of nitrogens with zero attached hydrogens (tertiary/aromatic N) is 4. The van der Waals surface area contributed by atoms with Crippen LogP contribution in [0.25, 0.3) is 38.8 Å². The number of benzene rings is 7. The zero-order valence-corrected chi connectivity index (χ0v) is 43.2. The topological polar surface area (TPSA) is 33.5 Å². The van der Waals surface area contributed by atoms with Crippen LogP contribution < -0.4 is 14.5 Å². The molecule has 70 heavy (non-hydrogen) atoms. The molecule has 5 heteroatoms. The van der Waals surface area contributed by atoms with Crippen molar-refractivity contribution in [2.45, 2.75) is 111 Å². The lowest BCUT2D eigenvalue weighted by Gasteiger charge is -2.29. The first-order valence-electron chi connectivity index (χ1n) is 25.2. The van der Waals surface area contributed by atoms with E-state index in [9.17, 15) is 0 Å². The van der Waals surface area contributed by atoms with Gasteiger partial charge in [-0.05, 0) is 134 Å². The SMILES string of the molecule is CC(C)c1cccc(C(C)C)c1-c1ccc2c(c1)N(c1cc(Oc3ccc4c5ccccc5n(-c5cc(C(C)(C)C)ccn5)c4c3)cc(C(C)(C)c3ccccc3)c1)CN2c1cccc(C(C)(C)C)c1. The molecule has 354 valence electrons. The maximum atomic E-state index is 7.18. The van der Waals surface area contributed by atoms with Crippen molar-refractivity contribution in [1.29, 1.82) is 0 Å². The van der Waals surface area contributed by atoms with Crippen LogP contribution in [0.2, 0.25) is 0 Å². The molecule has 2 aromatic heterocycles. The van der Waals surface area contributed by atoms with Gasteiger partial charge in [0.2, 0.25) is 0 Å². The monoisotopic (exact) mass is 921 g/mol. The first-order valence-corrected chi connectivity index (χ1v) is 25.2. The van der Waals surface area contributed by atoms with Crippen LogP contribution in [-0.4, -0.2) is 16.2 Å². The molecule has 7 aromatic carbocycles. The first kappa shape index (κ1) is 46.6. The predicted molar refractivity (Wildman–Crippen MR) is 297 cm³/mol. The van der Waals surface area contributed by atoms with Crippen molar-refractivity contribution in [2.24, 2.45) is 0 Å². The molecule has 0 aliphatic carbocycles. The number of anilines is 4. The number of hydrogen-bond donors (Lipinski definition) is 0. The van der Waals surface area contributed by atoms with E-state index in [1.54, 1.807) is 0 Å². The van der Waals surface area contributed by atoms with Crippen LogP contribution in [0.15, 0.2) is 170 Å². The Bertz CT molecular complexity index is 3370. The summed E-state index contributed by atoms with van der Waals surface area (Å²) in [6.07, 6.45) is 1.94. The van der Waals surface area contributed by atoms with E-state index in [4.69, 9.17) is 9.72 Å². The summed E-state index contributed by atoms with van der Waals surface area (Å²) in [5.74, 6) is 3.18. The molecule has 0 N–H and O–H groups in total. The molecule has 1 aliphatic heterocycles. The molecule has 1 aliphatic rings. The number of ether oxygens (including phenoxy) is 1. The van der Waals surface area contributed by atoms with E-state index < -0.39 is 0 Å². The summed E-state index contributed by atoms with van der Waals surface area (Å²) in [7, 11) is 0. The Balaban J connectivity index is 1.16. The Kier molecular flexibility index (Phi) is 11.8. The van der Waals surface area contributed by atoms with Crippen molar-refractivity contribution >= 4 is 44.6 Å². The molecule has 0 saturated heterocycles. The molecule has 0 radical (unpaired) electrons. The average molecular weight is 921 g/mol. The molecule has 0 atom stereocenters. The Morgan fingerprint density at radius 1 is 0.471 bits per heavy atom. The quantitative estimate of drug-likeness (QED) is 0.137. The largest absolute Gasteiger partial charge is 0.457 e. The highest BCUT2D eigenvalue weighted by Crippen LogP contribution is 2.50. The second-order valence-corrected chi connectivity index (χ2v) is 22.6. The second-order valence-electron chi connectivity index (χ2n) is 22.6. The third kappa shape index (κ3) is 8.54. The van der Waals surface area contributed by atoms with Crippen LogP contribution >= 0.6 is 0 Å². The van der Waals surface area contributed by atoms with Crippen LogP contribution in [0, 0.1) is 0 Å². The molecule has 0 saturated carbocycles. The normalized spacial score (nSPS) is 13.3. The van der Waals surface area contributed by atoms with Gasteiger partial charge in [0.25, 0.3) is 0 Å². The Labute approximate surface area is 416 Å². The molecule has 3 heterocycles. The fourth-order valence-electron chi connectivity index (χ4n) is 10.5. The molecule has 0 amide bonds. The van der Waals surface area contributed by atoms with Crippen molar-refractivity contribution < 1.29 is 4.74 Å². The van der Waals surface area contributed by atoms with E-state index in [1.807, 2.05) is 6.20 Å². The highest BCUT2D eigenvalue weighted by molar-refractivity contribution is 6.09. The third-order valence-electron chi connectivity index (χ3n) is 14.7. The molecule has 0 spiro atoms. The predicted octanol–water partition coefficient (Wildman–Crippen LogP) is 18.1. The summed E-state index contributed by atoms with van der Waals surface area (Å²) in [4.78, 5) is 9.95. The lowest BCUT2D eigenvalue weighted by molar-refractivity contribution is 0.480. The van der Waals surface area contributed by atoms with E-state index in [0.717, 1.165) is 39.4 Å². The zero-order valence-electron chi connectivity index (χ0n) is 43.2. The summed E-state index contributed by atoms with van der Waals surface area (Å²) >= 11 is 0. The lowest BCUT2D eigenvalue weighted by atomic mass is 9.78. The summed E-state index contributed by atoms with van der Waals surface area (Å²) in [6, 6.07) is 60.3. The van der Waals surface area contributed by atoms with E-state index in [2.05, 4.69) is 261 Å². The van der Waals surface area contributed by atoms with Gasteiger partial charge in [-0.1, -0.05) is 168 Å². The van der Waals surface area contributed by atoms with E-state index >= 15 is 0 Å². The molecule has 10 rings (SSSR count). The average Bonchev–Trinajstić information content (AvgIpc) is 3.89. The lowest BCUT2D eigenvalue weighted by Crippen LogP contribution is -2.25. The molecular formula is C65H68N4O. The molecule has 0 fully saturated rings. The van der Waals surface area contributed by atoms with Crippen molar-refractivity contribution in [1.82, 2.24) is 9.55 Å². The Morgan fingerprint density at radius 2 is 1.10 bits per heavy atom. The smallest absolute Gasteiger partial charge is 0.137 e. The van der Waals surface area contributed by atoms with E-state index in [-0.39, 0.29) is 16.2 Å². The number of rotatable bonds is 10. The van der Waals surface area contributed by atoms with Gasteiger partial charge in [0.15, 0.2) is 0 Å². The van der Waals surface area contributed by atoms with Gasteiger partial charge in [-0.15, -0.1) is 0 Å². The summed E-state index contributed by atoms with van der Waals surface area (Å²) in [5, 5.41) is 2.34. The van der Waals surface area contributed by atoms with Gasteiger partial charge in [0.1, 0.15) is 24.0 Å². The van der Waals surface area contributed by atoms with Crippen molar-refractivity contribution in [3.05, 3.63) is 203 Å². The summed E-state index contributed by atoms with van der Waals surface area (Å²) < 4.78 is 9.47. The molecular weight excluding hydrogens is 853 g/mol. The van der Waals surface area contributed by atoms with Crippen molar-refractivity contribution in [2.75, 3.05) is 16.5 Å². The van der Waals surface area contributed by atoms with Crippen molar-refractivity contribution in [3.8, 4) is 28.4 Å². The van der Waals surface area contributed by atoms with Gasteiger partial charge in [-0.25, -0.2) is 4.98 Å². The number of aromatic nitrogens is 2. The van der Waals surface area contributed by atoms with Crippen LogP contribution in [-0.2, 0) is 16.2 Å². The van der Waals surface area contributed by atoms with Crippen LogP contribution in [0.4, 0.5) is 22.7 Å². The van der Waals surface area contributed by atoms with Crippen LogP contribution in [0.3, 0.4) is 0 Å². The van der Waals surface area contributed by atoms with Crippen molar-refractivity contribution in [3.63, 3.8) is 0 Å². The standard InChI is InChI=1S/C65H68N4O/c1-42(2)53-25-19-26-54(43(3)4)62(53)44-28-31-58-60(34-44)68(41-67(58)49-23-18-22-46(35-49)63(5,6)7)50-36-48(65(11,12)45-20-14-13-15-21-45)37-52(39-50)70-51-29-30-56-55-24-16-17-27-57(55)69(59(56)40-51)61-38-47(32-33-66-61)64(8,9)10/h13-40,42-43H,41H2,1-12H3. The van der Waals surface area contributed by atoms with E-state index in [1.165, 1.54) is 67.0 Å². The maximum Gasteiger partial charge on any atom is 0.137 e. The van der Waals surface area contributed by atoms with Gasteiger partial charge in [0, 0.05) is 45.9 Å². The molecule has 5 nitrogen and oxygen atoms in total. The Hall–Kier alpha value is -7.11. The molecule has 0 unspecified atom stereocenters. The fraction of sp³-hybridized carbons (Fsp3) is 0.277. The van der Waals surface area contributed by atoms with Gasteiger partial charge < -0.3 is 14.5 Å². The van der Waals surface area contributed by atoms with Crippen LogP contribution in [0.5, 0.6) is 11.5 Å². The fourth-order valence-corrected chi connectivity index (χ4v) is 10.5. The maximum absolute atomic E-state index is 7.18. The first-order chi connectivity index (χ1) is 33.4.